The molecule has 1 aliphatic heterocycles. The minimum Gasteiger partial charge on any atom is -0.490 e. The van der Waals surface area contributed by atoms with Crippen LogP contribution in [0.15, 0.2) is 24.3 Å². The van der Waals surface area contributed by atoms with Gasteiger partial charge in [-0.1, -0.05) is 12.1 Å². The summed E-state index contributed by atoms with van der Waals surface area (Å²) in [7, 11) is 1.93. The number of carbonyl (C=O) groups excluding carboxylic acids is 1. The van der Waals surface area contributed by atoms with Gasteiger partial charge in [0.2, 0.25) is 5.91 Å². The number of amides is 1. The zero-order valence-electron chi connectivity index (χ0n) is 16.4. The van der Waals surface area contributed by atoms with Gasteiger partial charge in [0.05, 0.1) is 12.3 Å². The standard InChI is InChI=1S/C21H28FN3O2/c1-15-18(16(2)24(3)23-15)10-11-21(26)25-12-6-7-17(13-25)14-27-20-9-5-4-8-19(20)22/h4-5,8-9,17H,6-7,10-14H2,1-3H3. The summed E-state index contributed by atoms with van der Waals surface area (Å²) in [6.07, 6.45) is 3.17. The lowest BCUT2D eigenvalue weighted by Gasteiger charge is -2.32. The molecule has 0 aliphatic carbocycles. The Bertz CT molecular complexity index is 803. The first-order chi connectivity index (χ1) is 13.0. The van der Waals surface area contributed by atoms with Crippen LogP contribution in [0, 0.1) is 25.6 Å². The molecule has 1 aliphatic rings. The highest BCUT2D eigenvalue weighted by atomic mass is 19.1. The zero-order chi connectivity index (χ0) is 19.4. The summed E-state index contributed by atoms with van der Waals surface area (Å²) in [4.78, 5) is 14.6. The molecule has 2 aromatic rings. The maximum atomic E-state index is 13.7. The number of rotatable bonds is 6. The normalized spacial score (nSPS) is 17.2. The predicted molar refractivity (Wildman–Crippen MR) is 102 cm³/mol. The molecule has 1 amide bonds. The number of hydrogen-bond donors (Lipinski definition) is 0. The van der Waals surface area contributed by atoms with Gasteiger partial charge in [0.1, 0.15) is 0 Å². The molecular formula is C21H28FN3O2. The maximum Gasteiger partial charge on any atom is 0.222 e. The zero-order valence-corrected chi connectivity index (χ0v) is 16.4. The van der Waals surface area contributed by atoms with Crippen LogP contribution in [-0.4, -0.2) is 40.3 Å². The highest BCUT2D eigenvalue weighted by Crippen LogP contribution is 2.22. The van der Waals surface area contributed by atoms with E-state index in [0.29, 0.717) is 19.6 Å². The van der Waals surface area contributed by atoms with Gasteiger partial charge in [0.25, 0.3) is 0 Å². The molecule has 1 aromatic heterocycles. The largest absolute Gasteiger partial charge is 0.490 e. The van der Waals surface area contributed by atoms with Crippen molar-refractivity contribution in [3.63, 3.8) is 0 Å². The molecule has 1 unspecified atom stereocenters. The van der Waals surface area contributed by atoms with Crippen LogP contribution in [0.5, 0.6) is 5.75 Å². The van der Waals surface area contributed by atoms with E-state index in [1.54, 1.807) is 18.2 Å². The van der Waals surface area contributed by atoms with Gasteiger partial charge in [0.15, 0.2) is 11.6 Å². The number of aryl methyl sites for hydroxylation is 2. The van der Waals surface area contributed by atoms with Gasteiger partial charge >= 0.3 is 0 Å². The van der Waals surface area contributed by atoms with Crippen molar-refractivity contribution < 1.29 is 13.9 Å². The number of likely N-dealkylation sites (tertiary alicyclic amines) is 1. The summed E-state index contributed by atoms with van der Waals surface area (Å²) >= 11 is 0. The van der Waals surface area contributed by atoms with Gasteiger partial charge in [-0.05, 0) is 50.8 Å². The highest BCUT2D eigenvalue weighted by Gasteiger charge is 2.24. The molecule has 1 atom stereocenters. The van der Waals surface area contributed by atoms with Crippen molar-refractivity contribution in [1.82, 2.24) is 14.7 Å². The second-order valence-corrected chi connectivity index (χ2v) is 7.36. The van der Waals surface area contributed by atoms with Crippen molar-refractivity contribution in [3.05, 3.63) is 47.0 Å². The van der Waals surface area contributed by atoms with Gasteiger partial charge in [-0.3, -0.25) is 9.48 Å². The van der Waals surface area contributed by atoms with Crippen molar-refractivity contribution in [3.8, 4) is 5.75 Å². The quantitative estimate of drug-likeness (QED) is 0.779. The lowest BCUT2D eigenvalue weighted by Crippen LogP contribution is -2.41. The molecule has 3 rings (SSSR count). The molecule has 0 N–H and O–H groups in total. The summed E-state index contributed by atoms with van der Waals surface area (Å²) in [5.74, 6) is 0.351. The molecule has 6 heteroatoms. The minimum atomic E-state index is -0.344. The molecule has 5 nitrogen and oxygen atoms in total. The summed E-state index contributed by atoms with van der Waals surface area (Å²) in [6, 6.07) is 6.44. The predicted octanol–water partition coefficient (Wildman–Crippen LogP) is 3.43. The Labute approximate surface area is 160 Å². The van der Waals surface area contributed by atoms with Crippen LogP contribution in [0.3, 0.4) is 0 Å². The van der Waals surface area contributed by atoms with E-state index < -0.39 is 0 Å². The Morgan fingerprint density at radius 1 is 1.33 bits per heavy atom. The summed E-state index contributed by atoms with van der Waals surface area (Å²) < 4.78 is 21.2. The van der Waals surface area contributed by atoms with Crippen LogP contribution >= 0.6 is 0 Å². The van der Waals surface area contributed by atoms with Crippen molar-refractivity contribution in [2.75, 3.05) is 19.7 Å². The molecule has 0 radical (unpaired) electrons. The number of ether oxygens (including phenoxy) is 1. The Hall–Kier alpha value is -2.37. The van der Waals surface area contributed by atoms with Crippen LogP contribution < -0.4 is 4.74 Å². The second kappa shape index (κ2) is 8.55. The molecule has 27 heavy (non-hydrogen) atoms. The number of para-hydroxylation sites is 1. The van der Waals surface area contributed by atoms with Gasteiger partial charge in [-0.25, -0.2) is 4.39 Å². The number of hydrogen-bond acceptors (Lipinski definition) is 3. The first kappa shape index (κ1) is 19.4. The molecule has 146 valence electrons. The molecule has 0 bridgehead atoms. The monoisotopic (exact) mass is 373 g/mol. The molecule has 0 saturated carbocycles. The van der Waals surface area contributed by atoms with E-state index in [2.05, 4.69) is 5.10 Å². The van der Waals surface area contributed by atoms with Crippen molar-refractivity contribution >= 4 is 5.91 Å². The Kier molecular flexibility index (Phi) is 6.14. The highest BCUT2D eigenvalue weighted by molar-refractivity contribution is 5.76. The van der Waals surface area contributed by atoms with E-state index in [4.69, 9.17) is 4.74 Å². The summed E-state index contributed by atoms with van der Waals surface area (Å²) in [5.41, 5.74) is 3.29. The Morgan fingerprint density at radius 2 is 2.11 bits per heavy atom. The maximum absolute atomic E-state index is 13.7. The molecule has 1 aromatic carbocycles. The molecule has 0 spiro atoms. The van der Waals surface area contributed by atoms with Gasteiger partial charge < -0.3 is 9.64 Å². The first-order valence-corrected chi connectivity index (χ1v) is 9.60. The van der Waals surface area contributed by atoms with E-state index in [1.807, 2.05) is 30.5 Å². The van der Waals surface area contributed by atoms with Crippen molar-refractivity contribution in [2.24, 2.45) is 13.0 Å². The average molecular weight is 373 g/mol. The third-order valence-electron chi connectivity index (χ3n) is 5.43. The number of halogens is 1. The number of piperidine rings is 1. The van der Waals surface area contributed by atoms with E-state index in [1.165, 1.54) is 11.6 Å². The molecule has 1 saturated heterocycles. The smallest absolute Gasteiger partial charge is 0.222 e. The van der Waals surface area contributed by atoms with Gasteiger partial charge in [-0.15, -0.1) is 0 Å². The van der Waals surface area contributed by atoms with E-state index >= 15 is 0 Å². The SMILES string of the molecule is Cc1nn(C)c(C)c1CCC(=O)N1CCCC(COc2ccccc2F)C1. The Balaban J connectivity index is 1.51. The van der Waals surface area contributed by atoms with Crippen LogP contribution in [0.4, 0.5) is 4.39 Å². The fourth-order valence-electron chi connectivity index (χ4n) is 3.77. The third-order valence-corrected chi connectivity index (χ3v) is 5.43. The third kappa shape index (κ3) is 4.67. The number of carbonyl (C=O) groups is 1. The lowest BCUT2D eigenvalue weighted by molar-refractivity contribution is -0.133. The summed E-state index contributed by atoms with van der Waals surface area (Å²) in [5, 5.41) is 4.42. The topological polar surface area (TPSA) is 47.4 Å². The van der Waals surface area contributed by atoms with E-state index in [0.717, 1.165) is 37.2 Å². The van der Waals surface area contributed by atoms with E-state index in [-0.39, 0.29) is 23.4 Å². The number of aromatic nitrogens is 2. The van der Waals surface area contributed by atoms with Crippen LogP contribution in [0.2, 0.25) is 0 Å². The van der Waals surface area contributed by atoms with Crippen molar-refractivity contribution in [2.45, 2.75) is 39.5 Å². The van der Waals surface area contributed by atoms with Gasteiger partial charge in [-0.2, -0.15) is 5.10 Å². The molecule has 1 fully saturated rings. The van der Waals surface area contributed by atoms with Crippen LogP contribution in [-0.2, 0) is 18.3 Å². The average Bonchev–Trinajstić information content (AvgIpc) is 2.91. The first-order valence-electron chi connectivity index (χ1n) is 9.60. The molecular weight excluding hydrogens is 345 g/mol. The lowest BCUT2D eigenvalue weighted by atomic mass is 9.98. The summed E-state index contributed by atoms with van der Waals surface area (Å²) in [6.45, 7) is 5.93. The fraction of sp³-hybridized carbons (Fsp3) is 0.524. The Morgan fingerprint density at radius 3 is 2.81 bits per heavy atom. The van der Waals surface area contributed by atoms with Crippen LogP contribution in [0.25, 0.3) is 0 Å². The van der Waals surface area contributed by atoms with Gasteiger partial charge in [0, 0.05) is 38.2 Å². The minimum absolute atomic E-state index is 0.174. The number of benzene rings is 1. The fourth-order valence-corrected chi connectivity index (χ4v) is 3.77. The molecule has 2 heterocycles. The van der Waals surface area contributed by atoms with Crippen molar-refractivity contribution in [1.29, 1.82) is 0 Å². The second-order valence-electron chi connectivity index (χ2n) is 7.36. The van der Waals surface area contributed by atoms with Crippen LogP contribution in [0.1, 0.15) is 36.2 Å². The van der Waals surface area contributed by atoms with E-state index in [9.17, 15) is 9.18 Å². The number of nitrogens with zero attached hydrogens (tertiary/aromatic N) is 3.